The van der Waals surface area contributed by atoms with Crippen molar-refractivity contribution in [3.63, 3.8) is 0 Å². The predicted octanol–water partition coefficient (Wildman–Crippen LogP) is -0.810. The van der Waals surface area contributed by atoms with Gasteiger partial charge in [-0.2, -0.15) is 0 Å². The summed E-state index contributed by atoms with van der Waals surface area (Å²) >= 11 is 0. The highest BCUT2D eigenvalue weighted by atomic mass is 16.4. The lowest BCUT2D eigenvalue weighted by molar-refractivity contribution is -0.138. The van der Waals surface area contributed by atoms with E-state index in [9.17, 15) is 9.59 Å². The number of carboxylic acids is 1. The number of aliphatic carboxylic acids is 1. The van der Waals surface area contributed by atoms with Crippen LogP contribution in [0.25, 0.3) is 0 Å². The van der Waals surface area contributed by atoms with E-state index in [-0.39, 0.29) is 44.7 Å². The SMILES string of the molecule is O=C(O)CC1CCN(C(=O)N(CCO)CCO)C1. The molecule has 1 aliphatic rings. The Hall–Kier alpha value is -1.34. The molecule has 18 heavy (non-hydrogen) atoms. The van der Waals surface area contributed by atoms with Gasteiger partial charge in [0.2, 0.25) is 0 Å². The summed E-state index contributed by atoms with van der Waals surface area (Å²) in [5.41, 5.74) is 0. The minimum atomic E-state index is -0.850. The largest absolute Gasteiger partial charge is 0.481 e. The van der Waals surface area contributed by atoms with Crippen molar-refractivity contribution in [2.45, 2.75) is 12.8 Å². The van der Waals surface area contributed by atoms with Gasteiger partial charge in [0.15, 0.2) is 0 Å². The lowest BCUT2D eigenvalue weighted by Crippen LogP contribution is -2.44. The fraction of sp³-hybridized carbons (Fsp3) is 0.818. The van der Waals surface area contributed by atoms with Gasteiger partial charge < -0.3 is 25.1 Å². The molecule has 0 radical (unpaired) electrons. The minimum Gasteiger partial charge on any atom is -0.481 e. The van der Waals surface area contributed by atoms with Crippen LogP contribution in [0, 0.1) is 5.92 Å². The average molecular weight is 260 g/mol. The number of carbonyl (C=O) groups excluding carboxylic acids is 1. The Balaban J connectivity index is 2.48. The van der Waals surface area contributed by atoms with E-state index in [0.29, 0.717) is 19.5 Å². The second-order valence-electron chi connectivity index (χ2n) is 4.42. The zero-order valence-corrected chi connectivity index (χ0v) is 10.3. The third-order valence-electron chi connectivity index (χ3n) is 3.03. The molecular weight excluding hydrogens is 240 g/mol. The van der Waals surface area contributed by atoms with Crippen LogP contribution < -0.4 is 0 Å². The molecule has 0 saturated carbocycles. The molecule has 1 atom stereocenters. The number of aliphatic hydroxyl groups is 2. The van der Waals surface area contributed by atoms with Crippen LogP contribution in [0.15, 0.2) is 0 Å². The minimum absolute atomic E-state index is 0.00319. The van der Waals surface area contributed by atoms with E-state index in [4.69, 9.17) is 15.3 Å². The van der Waals surface area contributed by atoms with E-state index in [2.05, 4.69) is 0 Å². The van der Waals surface area contributed by atoms with Crippen molar-refractivity contribution in [1.29, 1.82) is 0 Å². The molecule has 0 aromatic carbocycles. The second kappa shape index (κ2) is 7.17. The van der Waals surface area contributed by atoms with E-state index in [1.165, 1.54) is 4.90 Å². The van der Waals surface area contributed by atoms with Crippen molar-refractivity contribution in [3.8, 4) is 0 Å². The van der Waals surface area contributed by atoms with E-state index in [0.717, 1.165) is 0 Å². The Kier molecular flexibility index (Phi) is 5.87. The smallest absolute Gasteiger partial charge is 0.320 e. The predicted molar refractivity (Wildman–Crippen MR) is 63.1 cm³/mol. The summed E-state index contributed by atoms with van der Waals surface area (Å²) in [5.74, 6) is -0.853. The Bertz CT molecular complexity index is 291. The zero-order chi connectivity index (χ0) is 13.5. The first-order valence-corrected chi connectivity index (χ1v) is 6.05. The Morgan fingerprint density at radius 1 is 1.22 bits per heavy atom. The summed E-state index contributed by atoms with van der Waals surface area (Å²) in [6.45, 7) is 1.01. The summed E-state index contributed by atoms with van der Waals surface area (Å²) in [7, 11) is 0. The average Bonchev–Trinajstić information content (AvgIpc) is 2.75. The summed E-state index contributed by atoms with van der Waals surface area (Å²) in [4.78, 5) is 25.6. The van der Waals surface area contributed by atoms with Crippen molar-refractivity contribution >= 4 is 12.0 Å². The summed E-state index contributed by atoms with van der Waals surface area (Å²) in [6, 6.07) is -0.244. The summed E-state index contributed by atoms with van der Waals surface area (Å²) in [5, 5.41) is 26.4. The molecule has 0 aliphatic carbocycles. The Morgan fingerprint density at radius 3 is 2.33 bits per heavy atom. The van der Waals surface area contributed by atoms with Crippen molar-refractivity contribution in [1.82, 2.24) is 9.80 Å². The van der Waals surface area contributed by atoms with Gasteiger partial charge in [0.05, 0.1) is 13.2 Å². The van der Waals surface area contributed by atoms with Gasteiger partial charge in [0.25, 0.3) is 0 Å². The van der Waals surface area contributed by atoms with Crippen LogP contribution in [0.5, 0.6) is 0 Å². The molecule has 1 unspecified atom stereocenters. The number of carboxylic acid groups (broad SMARTS) is 1. The van der Waals surface area contributed by atoms with Gasteiger partial charge in [-0.15, -0.1) is 0 Å². The normalized spacial score (nSPS) is 19.0. The first kappa shape index (κ1) is 14.7. The first-order valence-electron chi connectivity index (χ1n) is 6.05. The molecule has 7 heteroatoms. The number of aliphatic hydroxyl groups excluding tert-OH is 2. The summed E-state index contributed by atoms with van der Waals surface area (Å²) in [6.07, 6.45) is 0.758. The molecular formula is C11H20N2O5. The van der Waals surface area contributed by atoms with Crippen molar-refractivity contribution in [2.75, 3.05) is 39.4 Å². The van der Waals surface area contributed by atoms with Gasteiger partial charge in [-0.1, -0.05) is 0 Å². The standard InChI is InChI=1S/C11H20N2O5/c14-5-3-12(4-6-15)11(18)13-2-1-9(8-13)7-10(16)17/h9,14-15H,1-8H2,(H,16,17). The first-order chi connectivity index (χ1) is 8.58. The van der Waals surface area contributed by atoms with Gasteiger partial charge in [-0.25, -0.2) is 4.79 Å². The van der Waals surface area contributed by atoms with Gasteiger partial charge >= 0.3 is 12.0 Å². The van der Waals surface area contributed by atoms with Crippen molar-refractivity contribution < 1.29 is 24.9 Å². The van der Waals surface area contributed by atoms with Crippen LogP contribution in [0.4, 0.5) is 4.79 Å². The third-order valence-corrected chi connectivity index (χ3v) is 3.03. The number of carbonyl (C=O) groups is 2. The van der Waals surface area contributed by atoms with Gasteiger partial charge in [-0.05, 0) is 12.3 Å². The quantitative estimate of drug-likeness (QED) is 0.580. The third kappa shape index (κ3) is 4.15. The van der Waals surface area contributed by atoms with Crippen molar-refractivity contribution in [2.24, 2.45) is 5.92 Å². The van der Waals surface area contributed by atoms with Gasteiger partial charge in [-0.3, -0.25) is 4.79 Å². The van der Waals surface area contributed by atoms with Crippen LogP contribution in [0.1, 0.15) is 12.8 Å². The maximum atomic E-state index is 12.0. The molecule has 1 saturated heterocycles. The van der Waals surface area contributed by atoms with Crippen LogP contribution in [0.3, 0.4) is 0 Å². The topological polar surface area (TPSA) is 101 Å². The van der Waals surface area contributed by atoms with Crippen LogP contribution in [0.2, 0.25) is 0 Å². The monoisotopic (exact) mass is 260 g/mol. The Morgan fingerprint density at radius 2 is 1.83 bits per heavy atom. The lowest BCUT2D eigenvalue weighted by atomic mass is 10.1. The number of amides is 2. The van der Waals surface area contributed by atoms with Crippen molar-refractivity contribution in [3.05, 3.63) is 0 Å². The number of likely N-dealkylation sites (tertiary alicyclic amines) is 1. The maximum absolute atomic E-state index is 12.0. The number of rotatable bonds is 6. The summed E-state index contributed by atoms with van der Waals surface area (Å²) < 4.78 is 0. The molecule has 0 spiro atoms. The number of hydrogen-bond donors (Lipinski definition) is 3. The highest BCUT2D eigenvalue weighted by Crippen LogP contribution is 2.20. The van der Waals surface area contributed by atoms with Crippen LogP contribution >= 0.6 is 0 Å². The molecule has 0 aromatic rings. The second-order valence-corrected chi connectivity index (χ2v) is 4.42. The number of hydrogen-bond acceptors (Lipinski definition) is 4. The molecule has 1 aliphatic heterocycles. The van der Waals surface area contributed by atoms with E-state index < -0.39 is 5.97 Å². The molecule has 3 N–H and O–H groups in total. The maximum Gasteiger partial charge on any atom is 0.320 e. The molecule has 7 nitrogen and oxygen atoms in total. The van der Waals surface area contributed by atoms with Gasteiger partial charge in [0.1, 0.15) is 0 Å². The fourth-order valence-corrected chi connectivity index (χ4v) is 2.16. The van der Waals surface area contributed by atoms with Crippen LogP contribution in [-0.2, 0) is 4.79 Å². The molecule has 2 amide bonds. The number of urea groups is 1. The number of nitrogens with zero attached hydrogens (tertiary/aromatic N) is 2. The molecule has 1 heterocycles. The highest BCUT2D eigenvalue weighted by molar-refractivity contribution is 5.75. The molecule has 0 bridgehead atoms. The van der Waals surface area contributed by atoms with Gasteiger partial charge in [0, 0.05) is 32.6 Å². The van der Waals surface area contributed by atoms with Crippen LogP contribution in [-0.4, -0.2) is 76.5 Å². The zero-order valence-electron chi connectivity index (χ0n) is 10.3. The van der Waals surface area contributed by atoms with E-state index >= 15 is 0 Å². The molecule has 104 valence electrons. The lowest BCUT2D eigenvalue weighted by Gasteiger charge is -2.27. The Labute approximate surface area is 106 Å². The molecule has 1 rings (SSSR count). The fourth-order valence-electron chi connectivity index (χ4n) is 2.16. The molecule has 0 aromatic heterocycles. The van der Waals surface area contributed by atoms with E-state index in [1.54, 1.807) is 4.90 Å². The molecule has 1 fully saturated rings. The highest BCUT2D eigenvalue weighted by Gasteiger charge is 2.30. The van der Waals surface area contributed by atoms with E-state index in [1.807, 2.05) is 0 Å².